The number of hydrogen-bond acceptors (Lipinski definition) is 5. The van der Waals surface area contributed by atoms with E-state index in [1.165, 1.54) is 12.1 Å². The van der Waals surface area contributed by atoms with Gasteiger partial charge in [-0.2, -0.15) is 0 Å². The number of fused-ring (bicyclic) bond motifs is 1. The highest BCUT2D eigenvalue weighted by molar-refractivity contribution is 5.80. The molecule has 8 nitrogen and oxygen atoms in total. The molecule has 1 aromatic heterocycles. The molecule has 0 fully saturated rings. The van der Waals surface area contributed by atoms with E-state index in [0.29, 0.717) is 17.6 Å². The van der Waals surface area contributed by atoms with Crippen molar-refractivity contribution in [2.45, 2.75) is 6.54 Å². The zero-order valence-electron chi connectivity index (χ0n) is 11.0. The summed E-state index contributed by atoms with van der Waals surface area (Å²) in [7, 11) is 0. The lowest BCUT2D eigenvalue weighted by Crippen LogP contribution is -2.29. The van der Waals surface area contributed by atoms with Gasteiger partial charge in [0.2, 0.25) is 0 Å². The Morgan fingerprint density at radius 1 is 1.14 bits per heavy atom. The number of aromatic nitrogens is 2. The Hall–Kier alpha value is -2.74. The Labute approximate surface area is 117 Å². The summed E-state index contributed by atoms with van der Waals surface area (Å²) in [4.78, 5) is 40.3. The van der Waals surface area contributed by atoms with E-state index in [1.807, 2.05) is 12.2 Å². The van der Waals surface area contributed by atoms with Crippen LogP contribution >= 0.6 is 0 Å². The van der Waals surface area contributed by atoms with Crippen LogP contribution in [-0.4, -0.2) is 32.9 Å². The molecule has 3 rings (SSSR count). The van der Waals surface area contributed by atoms with Crippen LogP contribution in [0.15, 0.2) is 33.9 Å². The maximum Gasteiger partial charge on any atom is 0.314 e. The van der Waals surface area contributed by atoms with E-state index in [4.69, 9.17) is 0 Å². The van der Waals surface area contributed by atoms with Crippen LogP contribution in [0, 0.1) is 10.1 Å². The topological polar surface area (TPSA) is 112 Å². The highest BCUT2D eigenvalue weighted by atomic mass is 16.6. The lowest BCUT2D eigenvalue weighted by molar-refractivity contribution is -0.384. The lowest BCUT2D eigenvalue weighted by Gasteiger charge is -2.15. The first-order chi connectivity index (χ1) is 10.0. The molecule has 0 saturated carbocycles. The van der Waals surface area contributed by atoms with Crippen LogP contribution in [0.4, 0.5) is 5.69 Å². The standard InChI is InChI=1S/C13H12N4O4/c18-12-13(19)15-11-8(7-16-3-1-2-4-16)5-9(17(20)21)6-10(11)14-12/h1-2,5-6H,3-4,7H2,(H,14,18)(H,15,19). The summed E-state index contributed by atoms with van der Waals surface area (Å²) in [5.41, 5.74) is -0.411. The van der Waals surface area contributed by atoms with Crippen molar-refractivity contribution >= 4 is 16.7 Å². The number of hydrogen-bond donors (Lipinski definition) is 2. The third-order valence-electron chi connectivity index (χ3n) is 3.40. The number of nitro groups is 1. The van der Waals surface area contributed by atoms with Crippen molar-refractivity contribution in [2.24, 2.45) is 0 Å². The Morgan fingerprint density at radius 2 is 1.81 bits per heavy atom. The third kappa shape index (κ3) is 2.48. The molecule has 0 spiro atoms. The average Bonchev–Trinajstić information content (AvgIpc) is 2.93. The van der Waals surface area contributed by atoms with Crippen molar-refractivity contribution in [3.05, 3.63) is 60.7 Å². The normalized spacial score (nSPS) is 14.9. The van der Waals surface area contributed by atoms with E-state index in [-0.39, 0.29) is 11.2 Å². The second-order valence-electron chi connectivity index (χ2n) is 4.86. The van der Waals surface area contributed by atoms with Gasteiger partial charge in [-0.3, -0.25) is 24.6 Å². The first kappa shape index (κ1) is 13.3. The van der Waals surface area contributed by atoms with Crippen LogP contribution in [0.25, 0.3) is 11.0 Å². The van der Waals surface area contributed by atoms with E-state index in [0.717, 1.165) is 13.1 Å². The van der Waals surface area contributed by atoms with Gasteiger partial charge < -0.3 is 9.97 Å². The van der Waals surface area contributed by atoms with Crippen LogP contribution in [0.3, 0.4) is 0 Å². The molecule has 2 heterocycles. The largest absolute Gasteiger partial charge is 0.316 e. The zero-order chi connectivity index (χ0) is 15.0. The number of nitrogens with zero attached hydrogens (tertiary/aromatic N) is 2. The van der Waals surface area contributed by atoms with E-state index < -0.39 is 16.0 Å². The van der Waals surface area contributed by atoms with E-state index >= 15 is 0 Å². The minimum Gasteiger partial charge on any atom is -0.316 e. The van der Waals surface area contributed by atoms with Gasteiger partial charge in [0.05, 0.1) is 16.0 Å². The maximum atomic E-state index is 11.5. The van der Waals surface area contributed by atoms with Crippen molar-refractivity contribution in [3.8, 4) is 0 Å². The number of nitro benzene ring substituents is 1. The van der Waals surface area contributed by atoms with Gasteiger partial charge in [-0.1, -0.05) is 12.2 Å². The molecule has 0 saturated heterocycles. The van der Waals surface area contributed by atoms with Crippen LogP contribution in [0.5, 0.6) is 0 Å². The van der Waals surface area contributed by atoms with E-state index in [1.54, 1.807) is 0 Å². The average molecular weight is 288 g/mol. The number of benzene rings is 1. The fourth-order valence-electron chi connectivity index (χ4n) is 2.40. The smallest absolute Gasteiger partial charge is 0.314 e. The number of H-pyrrole nitrogens is 2. The summed E-state index contributed by atoms with van der Waals surface area (Å²) >= 11 is 0. The molecule has 0 radical (unpaired) electrons. The molecule has 2 aromatic rings. The molecule has 1 aliphatic heterocycles. The van der Waals surface area contributed by atoms with Gasteiger partial charge in [0.25, 0.3) is 5.69 Å². The zero-order valence-corrected chi connectivity index (χ0v) is 11.0. The van der Waals surface area contributed by atoms with Crippen LogP contribution in [0.2, 0.25) is 0 Å². The van der Waals surface area contributed by atoms with Gasteiger partial charge >= 0.3 is 11.1 Å². The monoisotopic (exact) mass is 288 g/mol. The third-order valence-corrected chi connectivity index (χ3v) is 3.40. The Morgan fingerprint density at radius 3 is 2.48 bits per heavy atom. The summed E-state index contributed by atoms with van der Waals surface area (Å²) in [5, 5.41) is 11.0. The number of non-ortho nitro benzene ring substituents is 1. The van der Waals surface area contributed by atoms with E-state index in [2.05, 4.69) is 14.9 Å². The molecule has 8 heteroatoms. The molecule has 0 atom stereocenters. The summed E-state index contributed by atoms with van der Waals surface area (Å²) in [6, 6.07) is 2.67. The molecular weight excluding hydrogens is 276 g/mol. The first-order valence-electron chi connectivity index (χ1n) is 6.35. The predicted molar refractivity (Wildman–Crippen MR) is 76.3 cm³/mol. The summed E-state index contributed by atoms with van der Waals surface area (Å²) < 4.78 is 0. The van der Waals surface area contributed by atoms with Crippen molar-refractivity contribution in [1.82, 2.24) is 14.9 Å². The van der Waals surface area contributed by atoms with Gasteiger partial charge in [0.1, 0.15) is 0 Å². The SMILES string of the molecule is O=c1[nH]c2cc([N+](=O)[O-])cc(CN3CC=CC3)c2[nH]c1=O. The van der Waals surface area contributed by atoms with Crippen molar-refractivity contribution in [3.63, 3.8) is 0 Å². The van der Waals surface area contributed by atoms with Gasteiger partial charge in [-0.25, -0.2) is 0 Å². The molecule has 108 valence electrons. The van der Waals surface area contributed by atoms with Gasteiger partial charge in [0, 0.05) is 31.8 Å². The Balaban J connectivity index is 2.18. The highest BCUT2D eigenvalue weighted by Crippen LogP contribution is 2.23. The van der Waals surface area contributed by atoms with Gasteiger partial charge in [-0.15, -0.1) is 0 Å². The Kier molecular flexibility index (Phi) is 3.15. The summed E-state index contributed by atoms with van der Waals surface area (Å²) in [6.45, 7) is 1.95. The minimum atomic E-state index is -0.822. The molecule has 0 aliphatic carbocycles. The predicted octanol–water partition coefficient (Wildman–Crippen LogP) is 0.496. The fraction of sp³-hybridized carbons (Fsp3) is 0.231. The minimum absolute atomic E-state index is 0.118. The Bertz CT molecular complexity index is 857. The molecule has 0 amide bonds. The maximum absolute atomic E-state index is 11.5. The second kappa shape index (κ2) is 4.98. The van der Waals surface area contributed by atoms with Crippen LogP contribution in [0.1, 0.15) is 5.56 Å². The van der Waals surface area contributed by atoms with Crippen molar-refractivity contribution in [1.29, 1.82) is 0 Å². The number of rotatable bonds is 3. The fourth-order valence-corrected chi connectivity index (χ4v) is 2.40. The highest BCUT2D eigenvalue weighted by Gasteiger charge is 2.16. The van der Waals surface area contributed by atoms with Gasteiger partial charge in [0.15, 0.2) is 0 Å². The molecule has 1 aromatic carbocycles. The summed E-state index contributed by atoms with van der Waals surface area (Å²) in [5.74, 6) is 0. The first-order valence-corrected chi connectivity index (χ1v) is 6.35. The molecule has 0 unspecified atom stereocenters. The van der Waals surface area contributed by atoms with Crippen molar-refractivity contribution < 1.29 is 4.92 Å². The van der Waals surface area contributed by atoms with Crippen LogP contribution < -0.4 is 11.1 Å². The quantitative estimate of drug-likeness (QED) is 0.369. The molecule has 21 heavy (non-hydrogen) atoms. The van der Waals surface area contributed by atoms with Crippen molar-refractivity contribution in [2.75, 3.05) is 13.1 Å². The van der Waals surface area contributed by atoms with E-state index in [9.17, 15) is 19.7 Å². The molecule has 2 N–H and O–H groups in total. The van der Waals surface area contributed by atoms with Gasteiger partial charge in [-0.05, 0) is 5.56 Å². The van der Waals surface area contributed by atoms with Crippen LogP contribution in [-0.2, 0) is 6.54 Å². The number of nitrogens with one attached hydrogen (secondary N) is 2. The second-order valence-corrected chi connectivity index (χ2v) is 4.86. The molecule has 1 aliphatic rings. The number of aromatic amines is 2. The summed E-state index contributed by atoms with van der Waals surface area (Å²) in [6.07, 6.45) is 4.01. The molecular formula is C13H12N4O4. The lowest BCUT2D eigenvalue weighted by atomic mass is 10.1. The molecule has 0 bridgehead atoms.